The molecule has 0 aromatic rings. The van der Waals surface area contributed by atoms with Gasteiger partial charge in [0.25, 0.3) is 0 Å². The van der Waals surface area contributed by atoms with Crippen molar-refractivity contribution in [3.05, 3.63) is 0 Å². The second kappa shape index (κ2) is 14.4. The van der Waals surface area contributed by atoms with Crippen molar-refractivity contribution in [1.29, 1.82) is 0 Å². The first kappa shape index (κ1) is 25.4. The Hall–Kier alpha value is -0.610. The normalized spacial score (nSPS) is 20.9. The maximum absolute atomic E-state index is 12.7. The van der Waals surface area contributed by atoms with E-state index >= 15 is 0 Å². The van der Waals surface area contributed by atoms with Gasteiger partial charge in [-0.3, -0.25) is 9.79 Å². The molecule has 28 heavy (non-hydrogen) atoms. The first-order valence-electron chi connectivity index (χ1n) is 10.6. The van der Waals surface area contributed by atoms with Crippen molar-refractivity contribution < 1.29 is 9.53 Å². The third-order valence-electron chi connectivity index (χ3n) is 5.70. The molecule has 1 atom stereocenters. The fourth-order valence-electron chi connectivity index (χ4n) is 3.99. The molecule has 1 aliphatic carbocycles. The molecule has 2 N–H and O–H groups in total. The van der Waals surface area contributed by atoms with Crippen LogP contribution >= 0.6 is 24.0 Å². The molecule has 0 radical (unpaired) electrons. The Balaban J connectivity index is 0.00000392. The van der Waals surface area contributed by atoms with Crippen LogP contribution in [0.5, 0.6) is 0 Å². The summed E-state index contributed by atoms with van der Waals surface area (Å²) in [6.07, 6.45) is 7.92. The van der Waals surface area contributed by atoms with Gasteiger partial charge in [-0.25, -0.2) is 0 Å². The van der Waals surface area contributed by atoms with Crippen LogP contribution in [-0.2, 0) is 9.53 Å². The number of likely N-dealkylation sites (N-methyl/N-ethyl adjacent to an activating group) is 1. The molecular formula is C20H40IN5O2. The highest BCUT2D eigenvalue weighted by Crippen LogP contribution is 2.26. The van der Waals surface area contributed by atoms with Gasteiger partial charge in [0.15, 0.2) is 5.96 Å². The molecule has 0 aromatic carbocycles. The zero-order valence-electron chi connectivity index (χ0n) is 17.9. The number of carbonyl (C=O) groups is 1. The van der Waals surface area contributed by atoms with Gasteiger partial charge < -0.3 is 25.2 Å². The van der Waals surface area contributed by atoms with Crippen molar-refractivity contribution in [2.24, 2.45) is 10.9 Å². The average Bonchev–Trinajstić information content (AvgIpc) is 3.17. The van der Waals surface area contributed by atoms with E-state index in [1.165, 1.54) is 19.3 Å². The lowest BCUT2D eigenvalue weighted by Crippen LogP contribution is -2.46. The molecule has 7 nitrogen and oxygen atoms in total. The number of ether oxygens (including phenoxy) is 1. The maximum atomic E-state index is 12.7. The van der Waals surface area contributed by atoms with Gasteiger partial charge in [-0.2, -0.15) is 0 Å². The molecule has 1 saturated carbocycles. The van der Waals surface area contributed by atoms with Gasteiger partial charge >= 0.3 is 0 Å². The Kier molecular flexibility index (Phi) is 13.1. The Labute approximate surface area is 188 Å². The minimum absolute atomic E-state index is 0. The predicted molar refractivity (Wildman–Crippen MR) is 125 cm³/mol. The smallest absolute Gasteiger partial charge is 0.225 e. The van der Waals surface area contributed by atoms with E-state index in [-0.39, 0.29) is 29.9 Å². The van der Waals surface area contributed by atoms with Crippen LogP contribution in [0.15, 0.2) is 4.99 Å². The molecule has 164 valence electrons. The summed E-state index contributed by atoms with van der Waals surface area (Å²) in [7, 11) is 5.65. The lowest BCUT2D eigenvalue weighted by molar-refractivity contribution is -0.135. The fraction of sp³-hybridized carbons (Fsp3) is 0.900. The van der Waals surface area contributed by atoms with Crippen LogP contribution < -0.4 is 10.6 Å². The summed E-state index contributed by atoms with van der Waals surface area (Å²) < 4.78 is 5.10. The first-order chi connectivity index (χ1) is 13.1. The van der Waals surface area contributed by atoms with Gasteiger partial charge in [0.2, 0.25) is 5.91 Å². The van der Waals surface area contributed by atoms with E-state index in [0.717, 1.165) is 71.0 Å². The average molecular weight is 509 g/mol. The molecule has 0 spiro atoms. The molecule has 1 saturated heterocycles. The third-order valence-corrected chi connectivity index (χ3v) is 5.70. The third kappa shape index (κ3) is 8.82. The highest BCUT2D eigenvalue weighted by atomic mass is 127. The lowest BCUT2D eigenvalue weighted by Gasteiger charge is -2.26. The summed E-state index contributed by atoms with van der Waals surface area (Å²) in [5.74, 6) is 1.48. The molecule has 2 aliphatic rings. The Morgan fingerprint density at radius 2 is 1.96 bits per heavy atom. The fourth-order valence-corrected chi connectivity index (χ4v) is 3.99. The van der Waals surface area contributed by atoms with E-state index in [0.29, 0.717) is 11.9 Å². The van der Waals surface area contributed by atoms with Crippen molar-refractivity contribution in [2.45, 2.75) is 51.0 Å². The highest BCUT2D eigenvalue weighted by molar-refractivity contribution is 14.0. The molecule has 0 aromatic heterocycles. The van der Waals surface area contributed by atoms with Gasteiger partial charge in [0, 0.05) is 52.3 Å². The Bertz CT molecular complexity index is 472. The summed E-state index contributed by atoms with van der Waals surface area (Å²) in [5, 5.41) is 6.88. The monoisotopic (exact) mass is 509 g/mol. The van der Waals surface area contributed by atoms with Crippen molar-refractivity contribution >= 4 is 35.8 Å². The number of guanidine groups is 1. The van der Waals surface area contributed by atoms with Crippen LogP contribution in [0.4, 0.5) is 0 Å². The number of aliphatic imine (C=N–C) groups is 1. The standard InChI is InChI=1S/C20H39N5O2.HI/c1-21-20(22-11-7-12-24(2)14-15-27-3)23-18-10-13-25(16-18)19(26)17-8-5-4-6-9-17;/h17-18H,4-16H2,1-3H3,(H2,21,22,23);1H. The molecule has 2 rings (SSSR count). The first-order valence-corrected chi connectivity index (χ1v) is 10.6. The summed E-state index contributed by atoms with van der Waals surface area (Å²) in [6.45, 7) is 5.31. The van der Waals surface area contributed by atoms with Crippen LogP contribution in [0.2, 0.25) is 0 Å². The number of nitrogens with zero attached hydrogens (tertiary/aromatic N) is 3. The van der Waals surface area contributed by atoms with E-state index in [4.69, 9.17) is 4.74 Å². The quantitative estimate of drug-likeness (QED) is 0.215. The van der Waals surface area contributed by atoms with Gasteiger partial charge in [-0.1, -0.05) is 19.3 Å². The minimum atomic E-state index is 0. The minimum Gasteiger partial charge on any atom is -0.383 e. The number of amides is 1. The number of hydrogen-bond acceptors (Lipinski definition) is 4. The summed E-state index contributed by atoms with van der Waals surface area (Å²) in [4.78, 5) is 21.4. The molecule has 2 fully saturated rings. The molecule has 1 heterocycles. The van der Waals surface area contributed by atoms with E-state index in [2.05, 4.69) is 32.5 Å². The Morgan fingerprint density at radius 1 is 1.21 bits per heavy atom. The number of likely N-dealkylation sites (tertiary alicyclic amines) is 1. The molecule has 1 unspecified atom stereocenters. The van der Waals surface area contributed by atoms with Crippen molar-refractivity contribution in [3.8, 4) is 0 Å². The van der Waals surface area contributed by atoms with Crippen LogP contribution in [-0.4, -0.2) is 88.2 Å². The number of halogens is 1. The number of methoxy groups -OCH3 is 1. The SMILES string of the molecule is CN=C(NCCCN(C)CCOC)NC1CCN(C(=O)C2CCCCC2)C1.I. The molecule has 1 aliphatic heterocycles. The number of rotatable bonds is 9. The molecular weight excluding hydrogens is 469 g/mol. The zero-order chi connectivity index (χ0) is 19.5. The van der Waals surface area contributed by atoms with Crippen molar-refractivity contribution in [3.63, 3.8) is 0 Å². The van der Waals surface area contributed by atoms with Crippen molar-refractivity contribution in [1.82, 2.24) is 20.4 Å². The van der Waals surface area contributed by atoms with E-state index < -0.39 is 0 Å². The zero-order valence-corrected chi connectivity index (χ0v) is 20.2. The summed E-state index contributed by atoms with van der Waals surface area (Å²) in [6, 6.07) is 0.299. The van der Waals surface area contributed by atoms with E-state index in [1.807, 2.05) is 0 Å². The number of nitrogens with one attached hydrogen (secondary N) is 2. The molecule has 1 amide bonds. The number of carbonyl (C=O) groups excluding carboxylic acids is 1. The molecule has 8 heteroatoms. The van der Waals surface area contributed by atoms with E-state index in [9.17, 15) is 4.79 Å². The predicted octanol–water partition coefficient (Wildman–Crippen LogP) is 1.92. The van der Waals surface area contributed by atoms with E-state index in [1.54, 1.807) is 14.2 Å². The largest absolute Gasteiger partial charge is 0.383 e. The van der Waals surface area contributed by atoms with Crippen LogP contribution in [0.3, 0.4) is 0 Å². The maximum Gasteiger partial charge on any atom is 0.225 e. The second-order valence-corrected chi connectivity index (χ2v) is 7.90. The van der Waals surface area contributed by atoms with Gasteiger partial charge in [0.1, 0.15) is 0 Å². The number of hydrogen-bond donors (Lipinski definition) is 2. The van der Waals surface area contributed by atoms with Gasteiger partial charge in [-0.05, 0) is 39.3 Å². The van der Waals surface area contributed by atoms with Crippen molar-refractivity contribution in [2.75, 3.05) is 60.5 Å². The van der Waals surface area contributed by atoms with Crippen LogP contribution in [0, 0.1) is 5.92 Å². The van der Waals surface area contributed by atoms with Crippen LogP contribution in [0.25, 0.3) is 0 Å². The molecule has 0 bridgehead atoms. The van der Waals surface area contributed by atoms with Crippen LogP contribution in [0.1, 0.15) is 44.9 Å². The van der Waals surface area contributed by atoms with Gasteiger partial charge in [-0.15, -0.1) is 24.0 Å². The second-order valence-electron chi connectivity index (χ2n) is 7.90. The lowest BCUT2D eigenvalue weighted by atomic mass is 9.88. The highest BCUT2D eigenvalue weighted by Gasteiger charge is 2.31. The topological polar surface area (TPSA) is 69.2 Å². The Morgan fingerprint density at radius 3 is 2.64 bits per heavy atom. The summed E-state index contributed by atoms with van der Waals surface area (Å²) >= 11 is 0. The van der Waals surface area contributed by atoms with Gasteiger partial charge in [0.05, 0.1) is 6.61 Å². The summed E-state index contributed by atoms with van der Waals surface area (Å²) in [5.41, 5.74) is 0.